The second kappa shape index (κ2) is 19.1. The second-order valence-electron chi connectivity index (χ2n) is 6.62. The molecule has 0 bridgehead atoms. The van der Waals surface area contributed by atoms with Crippen molar-refractivity contribution in [2.75, 3.05) is 78.5 Å². The topological polar surface area (TPSA) is 72.2 Å². The molecule has 1 aliphatic rings. The van der Waals surface area contributed by atoms with Crippen LogP contribution in [0.15, 0.2) is 0 Å². The molecule has 144 valence electrons. The Labute approximate surface area is 149 Å². The highest BCUT2D eigenvalue weighted by Crippen LogP contribution is 1.82. The Bertz CT molecular complexity index is 130. The molecule has 0 atom stereocenters. The Balaban J connectivity index is 2.00. The van der Waals surface area contributed by atoms with E-state index in [2.05, 4.69) is 31.9 Å². The summed E-state index contributed by atoms with van der Waals surface area (Å²) in [5.74, 6) is 0. The standard InChI is InChI=1S/C18H42N6/c1-7-19-9-2-11-21-13-4-15-23-17-6-18-24-16-5-14-22-12-3-10-20-8-1/h19-24H,1-18H2. The summed E-state index contributed by atoms with van der Waals surface area (Å²) in [4.78, 5) is 0. The molecule has 0 aromatic carbocycles. The van der Waals surface area contributed by atoms with Crippen LogP contribution in [0.5, 0.6) is 0 Å². The lowest BCUT2D eigenvalue weighted by Crippen LogP contribution is -2.29. The van der Waals surface area contributed by atoms with Crippen molar-refractivity contribution >= 4 is 0 Å². The normalized spacial score (nSPS) is 24.0. The van der Waals surface area contributed by atoms with E-state index in [0.717, 1.165) is 78.5 Å². The Morgan fingerprint density at radius 3 is 0.458 bits per heavy atom. The van der Waals surface area contributed by atoms with E-state index in [4.69, 9.17) is 0 Å². The van der Waals surface area contributed by atoms with Gasteiger partial charge in [0.2, 0.25) is 0 Å². The molecule has 6 heteroatoms. The van der Waals surface area contributed by atoms with E-state index in [1.165, 1.54) is 38.5 Å². The van der Waals surface area contributed by atoms with E-state index in [0.29, 0.717) is 0 Å². The fraction of sp³-hybridized carbons (Fsp3) is 1.00. The first-order chi connectivity index (χ1) is 12.0. The Kier molecular flexibility index (Phi) is 17.3. The van der Waals surface area contributed by atoms with Crippen LogP contribution >= 0.6 is 0 Å². The molecule has 0 aliphatic carbocycles. The van der Waals surface area contributed by atoms with Crippen LogP contribution in [0, 0.1) is 0 Å². The Morgan fingerprint density at radius 1 is 0.208 bits per heavy atom. The number of rotatable bonds is 0. The zero-order valence-corrected chi connectivity index (χ0v) is 15.7. The van der Waals surface area contributed by atoms with Gasteiger partial charge in [-0.15, -0.1) is 0 Å². The minimum absolute atomic E-state index is 1.13. The quantitative estimate of drug-likeness (QED) is 0.369. The maximum absolute atomic E-state index is 3.53. The van der Waals surface area contributed by atoms with Crippen molar-refractivity contribution in [1.82, 2.24) is 31.9 Å². The van der Waals surface area contributed by atoms with Gasteiger partial charge in [-0.2, -0.15) is 0 Å². The summed E-state index contributed by atoms with van der Waals surface area (Å²) in [5.41, 5.74) is 0. The minimum atomic E-state index is 1.13. The number of hydrogen-bond donors (Lipinski definition) is 6. The smallest absolute Gasteiger partial charge is 0.00368 e. The van der Waals surface area contributed by atoms with E-state index >= 15 is 0 Å². The highest BCUT2D eigenvalue weighted by molar-refractivity contribution is 4.58. The van der Waals surface area contributed by atoms with Gasteiger partial charge in [0, 0.05) is 0 Å². The molecule has 0 unspecified atom stereocenters. The molecular weight excluding hydrogens is 300 g/mol. The van der Waals surface area contributed by atoms with Gasteiger partial charge in [0.1, 0.15) is 0 Å². The second-order valence-corrected chi connectivity index (χ2v) is 6.62. The molecule has 0 aromatic rings. The highest BCUT2D eigenvalue weighted by atomic mass is 14.9. The zero-order valence-electron chi connectivity index (χ0n) is 15.7. The summed E-state index contributed by atoms with van der Waals surface area (Å²) in [7, 11) is 0. The number of nitrogens with one attached hydrogen (secondary N) is 6. The molecule has 0 amide bonds. The monoisotopic (exact) mass is 342 g/mol. The lowest BCUT2D eigenvalue weighted by molar-refractivity contribution is 0.528. The van der Waals surface area contributed by atoms with Crippen LogP contribution in [-0.4, -0.2) is 78.5 Å². The van der Waals surface area contributed by atoms with E-state index < -0.39 is 0 Å². The summed E-state index contributed by atoms with van der Waals surface area (Å²) < 4.78 is 0. The summed E-state index contributed by atoms with van der Waals surface area (Å²) in [6.07, 6.45) is 7.32. The lowest BCUT2D eigenvalue weighted by Gasteiger charge is -2.09. The first-order valence-corrected chi connectivity index (χ1v) is 10.2. The fourth-order valence-electron chi connectivity index (χ4n) is 2.78. The van der Waals surface area contributed by atoms with Crippen LogP contribution in [0.3, 0.4) is 0 Å². The van der Waals surface area contributed by atoms with Gasteiger partial charge in [-0.3, -0.25) is 0 Å². The third-order valence-corrected chi connectivity index (χ3v) is 4.24. The average molecular weight is 343 g/mol. The average Bonchev–Trinajstić information content (AvgIpc) is 2.59. The molecular formula is C18H42N6. The molecule has 0 aromatic heterocycles. The van der Waals surface area contributed by atoms with Crippen molar-refractivity contribution in [1.29, 1.82) is 0 Å². The van der Waals surface area contributed by atoms with E-state index in [1.54, 1.807) is 0 Å². The van der Waals surface area contributed by atoms with Crippen LogP contribution < -0.4 is 31.9 Å². The first-order valence-electron chi connectivity index (χ1n) is 10.2. The largest absolute Gasteiger partial charge is 0.317 e. The van der Waals surface area contributed by atoms with Crippen LogP contribution in [0.25, 0.3) is 0 Å². The Morgan fingerprint density at radius 2 is 0.333 bits per heavy atom. The molecule has 1 rings (SSSR count). The van der Waals surface area contributed by atoms with E-state index in [-0.39, 0.29) is 0 Å². The predicted octanol–water partition coefficient (Wildman–Crippen LogP) is -0.122. The Hall–Kier alpha value is -0.240. The summed E-state index contributed by atoms with van der Waals surface area (Å²) in [6, 6.07) is 0. The molecule has 0 saturated carbocycles. The fourth-order valence-corrected chi connectivity index (χ4v) is 2.78. The van der Waals surface area contributed by atoms with E-state index in [1.807, 2.05) is 0 Å². The molecule has 1 heterocycles. The van der Waals surface area contributed by atoms with Gasteiger partial charge in [-0.05, 0) is 117 Å². The van der Waals surface area contributed by atoms with Crippen molar-refractivity contribution in [3.63, 3.8) is 0 Å². The number of hydrogen-bond acceptors (Lipinski definition) is 6. The van der Waals surface area contributed by atoms with Crippen molar-refractivity contribution in [2.45, 2.75) is 38.5 Å². The van der Waals surface area contributed by atoms with Crippen molar-refractivity contribution in [2.24, 2.45) is 0 Å². The maximum atomic E-state index is 3.53. The lowest BCUT2D eigenvalue weighted by atomic mass is 10.3. The van der Waals surface area contributed by atoms with Gasteiger partial charge in [-0.1, -0.05) is 0 Å². The van der Waals surface area contributed by atoms with E-state index in [9.17, 15) is 0 Å². The first kappa shape index (κ1) is 21.8. The van der Waals surface area contributed by atoms with Gasteiger partial charge in [0.15, 0.2) is 0 Å². The maximum Gasteiger partial charge on any atom is -0.00368 e. The van der Waals surface area contributed by atoms with Crippen molar-refractivity contribution in [3.8, 4) is 0 Å². The van der Waals surface area contributed by atoms with Crippen LogP contribution in [0.4, 0.5) is 0 Å². The van der Waals surface area contributed by atoms with Gasteiger partial charge in [0.05, 0.1) is 0 Å². The molecule has 1 aliphatic heterocycles. The molecule has 6 nitrogen and oxygen atoms in total. The van der Waals surface area contributed by atoms with Crippen LogP contribution in [-0.2, 0) is 0 Å². The third kappa shape index (κ3) is 16.6. The summed E-state index contributed by atoms with van der Waals surface area (Å²) >= 11 is 0. The van der Waals surface area contributed by atoms with Gasteiger partial charge < -0.3 is 31.9 Å². The SMILES string of the molecule is C1CNCCCNCCCNCCCNCCCNCCCNC1. The minimum Gasteiger partial charge on any atom is -0.317 e. The highest BCUT2D eigenvalue weighted by Gasteiger charge is 1.94. The molecule has 0 spiro atoms. The van der Waals surface area contributed by atoms with Gasteiger partial charge in [-0.25, -0.2) is 0 Å². The molecule has 24 heavy (non-hydrogen) atoms. The third-order valence-electron chi connectivity index (χ3n) is 4.24. The van der Waals surface area contributed by atoms with Crippen LogP contribution in [0.1, 0.15) is 38.5 Å². The summed E-state index contributed by atoms with van der Waals surface area (Å²) in [6.45, 7) is 13.5. The molecule has 1 fully saturated rings. The molecule has 0 radical (unpaired) electrons. The predicted molar refractivity (Wildman–Crippen MR) is 105 cm³/mol. The zero-order chi connectivity index (χ0) is 17.0. The van der Waals surface area contributed by atoms with Gasteiger partial charge in [0.25, 0.3) is 0 Å². The van der Waals surface area contributed by atoms with Crippen molar-refractivity contribution in [3.05, 3.63) is 0 Å². The van der Waals surface area contributed by atoms with Crippen LogP contribution in [0.2, 0.25) is 0 Å². The summed E-state index contributed by atoms with van der Waals surface area (Å²) in [5, 5.41) is 21.2. The molecule has 6 N–H and O–H groups in total. The van der Waals surface area contributed by atoms with Gasteiger partial charge >= 0.3 is 0 Å². The van der Waals surface area contributed by atoms with Crippen molar-refractivity contribution < 1.29 is 0 Å². The molecule has 1 saturated heterocycles.